The van der Waals surface area contributed by atoms with Crippen molar-refractivity contribution in [2.45, 2.75) is 0 Å². The van der Waals surface area contributed by atoms with Gasteiger partial charge in [0.15, 0.2) is 23.1 Å². The summed E-state index contributed by atoms with van der Waals surface area (Å²) in [5, 5.41) is 0.556. The second-order valence-corrected chi connectivity index (χ2v) is 5.26. The summed E-state index contributed by atoms with van der Waals surface area (Å²) in [6.45, 7) is 0. The minimum atomic E-state index is -1.10. The number of pyridine rings is 1. The molecule has 0 aliphatic heterocycles. The molecule has 1 aromatic carbocycles. The summed E-state index contributed by atoms with van der Waals surface area (Å²) >= 11 is 5.83. The first kappa shape index (κ1) is 16.2. The fraction of sp³-hybridized carbons (Fsp3) is 0.125. The van der Waals surface area contributed by atoms with Crippen LogP contribution < -0.4 is 9.47 Å². The Kier molecular flexibility index (Phi) is 4.11. The fourth-order valence-corrected chi connectivity index (χ4v) is 2.56. The Bertz CT molecular complexity index is 928. The zero-order valence-electron chi connectivity index (χ0n) is 12.6. The lowest BCUT2D eigenvalue weighted by molar-refractivity contribution is 0.103. The highest BCUT2D eigenvalue weighted by molar-refractivity contribution is 6.30. The molecular formula is C16H11ClF2N2O3. The molecule has 0 unspecified atom stereocenters. The lowest BCUT2D eigenvalue weighted by atomic mass is 10.0. The number of aromatic nitrogens is 2. The summed E-state index contributed by atoms with van der Waals surface area (Å²) < 4.78 is 38.7. The van der Waals surface area contributed by atoms with Crippen molar-refractivity contribution in [3.63, 3.8) is 0 Å². The zero-order chi connectivity index (χ0) is 17.4. The van der Waals surface area contributed by atoms with E-state index >= 15 is 0 Å². The maximum absolute atomic E-state index is 14.5. The number of H-pyrrole nitrogens is 1. The highest BCUT2D eigenvalue weighted by Gasteiger charge is 2.27. The van der Waals surface area contributed by atoms with Gasteiger partial charge in [-0.05, 0) is 6.07 Å². The molecule has 5 nitrogen and oxygen atoms in total. The van der Waals surface area contributed by atoms with Crippen molar-refractivity contribution in [1.29, 1.82) is 0 Å². The van der Waals surface area contributed by atoms with Crippen LogP contribution in [-0.2, 0) is 0 Å². The number of rotatable bonds is 4. The average Bonchev–Trinajstić information content (AvgIpc) is 2.98. The van der Waals surface area contributed by atoms with Crippen LogP contribution in [0.1, 0.15) is 15.9 Å². The summed E-state index contributed by atoms with van der Waals surface area (Å²) in [5.74, 6) is -3.66. The minimum absolute atomic E-state index is 0.0578. The third-order valence-electron chi connectivity index (χ3n) is 3.58. The van der Waals surface area contributed by atoms with E-state index in [0.717, 1.165) is 6.07 Å². The predicted octanol–water partition coefficient (Wildman–Crippen LogP) is 3.74. The predicted molar refractivity (Wildman–Crippen MR) is 84.0 cm³/mol. The van der Waals surface area contributed by atoms with Gasteiger partial charge in [0.25, 0.3) is 0 Å². The Hall–Kier alpha value is -2.67. The first-order valence-corrected chi connectivity index (χ1v) is 7.13. The summed E-state index contributed by atoms with van der Waals surface area (Å²) in [5.41, 5.74) is -0.194. The van der Waals surface area contributed by atoms with Crippen LogP contribution in [0.5, 0.6) is 11.5 Å². The second kappa shape index (κ2) is 6.09. The third kappa shape index (κ3) is 2.46. The van der Waals surface area contributed by atoms with E-state index in [1.54, 1.807) is 0 Å². The van der Waals surface area contributed by atoms with Crippen LogP contribution in [0.25, 0.3) is 10.9 Å². The summed E-state index contributed by atoms with van der Waals surface area (Å²) in [6, 6.07) is 2.48. The van der Waals surface area contributed by atoms with Gasteiger partial charge in [-0.15, -0.1) is 0 Å². The number of benzene rings is 1. The van der Waals surface area contributed by atoms with Gasteiger partial charge in [-0.25, -0.2) is 13.8 Å². The van der Waals surface area contributed by atoms with Crippen molar-refractivity contribution >= 4 is 28.3 Å². The molecule has 0 saturated heterocycles. The molecular weight excluding hydrogens is 342 g/mol. The molecule has 0 saturated carbocycles. The number of ether oxygens (including phenoxy) is 2. The number of aromatic amines is 1. The van der Waals surface area contributed by atoms with E-state index in [0.29, 0.717) is 10.9 Å². The fourth-order valence-electron chi connectivity index (χ4n) is 2.40. The normalized spacial score (nSPS) is 10.9. The molecule has 3 aromatic rings. The Labute approximate surface area is 140 Å². The number of halogens is 3. The molecule has 0 amide bonds. The molecule has 0 aliphatic carbocycles. The van der Waals surface area contributed by atoms with Gasteiger partial charge in [0.1, 0.15) is 10.7 Å². The molecule has 3 rings (SSSR count). The molecule has 0 atom stereocenters. The number of methoxy groups -OCH3 is 2. The Balaban J connectivity index is 2.24. The number of ketones is 1. The molecule has 0 bridgehead atoms. The van der Waals surface area contributed by atoms with E-state index in [-0.39, 0.29) is 22.2 Å². The van der Waals surface area contributed by atoms with Crippen LogP contribution >= 0.6 is 11.6 Å². The van der Waals surface area contributed by atoms with Crippen LogP contribution in [0.3, 0.4) is 0 Å². The summed E-state index contributed by atoms with van der Waals surface area (Å²) in [7, 11) is 2.42. The smallest absolute Gasteiger partial charge is 0.201 e. The van der Waals surface area contributed by atoms with Crippen molar-refractivity contribution in [3.8, 4) is 11.5 Å². The van der Waals surface area contributed by atoms with Gasteiger partial charge in [0.2, 0.25) is 5.78 Å². The van der Waals surface area contributed by atoms with E-state index in [1.807, 2.05) is 0 Å². The maximum atomic E-state index is 14.5. The number of carbonyl (C=O) groups excluding carboxylic acids is 1. The largest absolute Gasteiger partial charge is 0.494 e. The number of nitrogens with zero attached hydrogens (tertiary/aromatic N) is 1. The van der Waals surface area contributed by atoms with E-state index < -0.39 is 23.0 Å². The van der Waals surface area contributed by atoms with E-state index in [4.69, 9.17) is 21.1 Å². The Morgan fingerprint density at radius 1 is 1.17 bits per heavy atom. The molecule has 1 N–H and O–H groups in total. The van der Waals surface area contributed by atoms with Crippen molar-refractivity contribution in [1.82, 2.24) is 9.97 Å². The summed E-state index contributed by atoms with van der Waals surface area (Å²) in [4.78, 5) is 19.4. The average molecular weight is 353 g/mol. The van der Waals surface area contributed by atoms with Gasteiger partial charge in [-0.1, -0.05) is 11.6 Å². The van der Waals surface area contributed by atoms with Gasteiger partial charge >= 0.3 is 0 Å². The second-order valence-electron chi connectivity index (χ2n) is 4.87. The lowest BCUT2D eigenvalue weighted by Crippen LogP contribution is -2.10. The molecule has 8 heteroatoms. The number of fused-ring (bicyclic) bond motifs is 1. The monoisotopic (exact) mass is 352 g/mol. The van der Waals surface area contributed by atoms with Crippen molar-refractivity contribution in [2.75, 3.05) is 14.2 Å². The van der Waals surface area contributed by atoms with Crippen LogP contribution in [0.4, 0.5) is 8.78 Å². The van der Waals surface area contributed by atoms with Crippen LogP contribution in [0.15, 0.2) is 24.5 Å². The van der Waals surface area contributed by atoms with Gasteiger partial charge < -0.3 is 14.5 Å². The summed E-state index contributed by atoms with van der Waals surface area (Å²) in [6.07, 6.45) is 2.77. The number of carbonyl (C=O) groups is 1. The number of hydrogen-bond acceptors (Lipinski definition) is 4. The standard InChI is InChI=1S/C16H11ClF2N2O3/c1-23-10-4-11(24-2)15(19)13(14(10)18)16(22)8-5-20-9-6-21-12(17)3-7(8)9/h3-6,20H,1-2H3. The number of nitrogens with one attached hydrogen (secondary N) is 1. The SMILES string of the molecule is COc1cc(OC)c(F)c(C(=O)c2c[nH]c3cnc(Cl)cc23)c1F. The molecule has 0 aliphatic rings. The van der Waals surface area contributed by atoms with Crippen LogP contribution in [-0.4, -0.2) is 30.0 Å². The highest BCUT2D eigenvalue weighted by Crippen LogP contribution is 2.34. The highest BCUT2D eigenvalue weighted by atomic mass is 35.5. The first-order valence-electron chi connectivity index (χ1n) is 6.75. The zero-order valence-corrected chi connectivity index (χ0v) is 13.4. The van der Waals surface area contributed by atoms with Crippen molar-refractivity contribution in [2.24, 2.45) is 0 Å². The van der Waals surface area contributed by atoms with Crippen molar-refractivity contribution in [3.05, 3.63) is 52.4 Å². The van der Waals surface area contributed by atoms with E-state index in [9.17, 15) is 13.6 Å². The maximum Gasteiger partial charge on any atom is 0.201 e. The van der Waals surface area contributed by atoms with Gasteiger partial charge in [-0.2, -0.15) is 0 Å². The Morgan fingerprint density at radius 2 is 1.79 bits per heavy atom. The van der Waals surface area contributed by atoms with Gasteiger partial charge in [-0.3, -0.25) is 4.79 Å². The minimum Gasteiger partial charge on any atom is -0.494 e. The molecule has 0 spiro atoms. The van der Waals surface area contributed by atoms with Crippen LogP contribution in [0, 0.1) is 11.6 Å². The molecule has 24 heavy (non-hydrogen) atoms. The van der Waals surface area contributed by atoms with E-state index in [1.165, 1.54) is 32.7 Å². The molecule has 2 aromatic heterocycles. The number of hydrogen-bond donors (Lipinski definition) is 1. The third-order valence-corrected chi connectivity index (χ3v) is 3.78. The molecule has 2 heterocycles. The molecule has 0 radical (unpaired) electrons. The van der Waals surface area contributed by atoms with Gasteiger partial charge in [0.05, 0.1) is 25.9 Å². The lowest BCUT2D eigenvalue weighted by Gasteiger charge is -2.11. The first-order chi connectivity index (χ1) is 11.5. The Morgan fingerprint density at radius 3 is 2.38 bits per heavy atom. The molecule has 0 fully saturated rings. The van der Waals surface area contributed by atoms with E-state index in [2.05, 4.69) is 9.97 Å². The van der Waals surface area contributed by atoms with Crippen LogP contribution in [0.2, 0.25) is 5.15 Å². The van der Waals surface area contributed by atoms with Gasteiger partial charge in [0, 0.05) is 23.2 Å². The van der Waals surface area contributed by atoms with Crippen molar-refractivity contribution < 1.29 is 23.0 Å². The molecule has 124 valence electrons. The topological polar surface area (TPSA) is 64.2 Å². The quantitative estimate of drug-likeness (QED) is 0.574.